The highest BCUT2D eigenvalue weighted by atomic mass is 32.2. The number of rotatable bonds is 12. The molecular formula is C49H62O17S. The summed E-state index contributed by atoms with van der Waals surface area (Å²) in [5, 5.41) is 28.9. The van der Waals surface area contributed by atoms with Crippen molar-refractivity contribution in [1.82, 2.24) is 0 Å². The van der Waals surface area contributed by atoms with Crippen molar-refractivity contribution in [2.45, 2.75) is 101 Å². The van der Waals surface area contributed by atoms with Gasteiger partial charge in [-0.2, -0.15) is 8.42 Å². The van der Waals surface area contributed by atoms with Gasteiger partial charge in [0.25, 0.3) is 10.1 Å². The van der Waals surface area contributed by atoms with E-state index in [1.807, 2.05) is 39.8 Å². The number of aliphatic hydroxyl groups excluding tert-OH is 1. The summed E-state index contributed by atoms with van der Waals surface area (Å²) in [5.74, 6) is 0.961. The third-order valence-electron chi connectivity index (χ3n) is 10.2. The van der Waals surface area contributed by atoms with Gasteiger partial charge in [0.05, 0.1) is 39.4 Å². The number of phenols is 2. The zero-order chi connectivity index (χ0) is 49.9. The van der Waals surface area contributed by atoms with E-state index in [9.17, 15) is 42.9 Å². The van der Waals surface area contributed by atoms with E-state index in [0.717, 1.165) is 35.1 Å². The Kier molecular flexibility index (Phi) is 21.4. The fourth-order valence-corrected chi connectivity index (χ4v) is 7.15. The Labute approximate surface area is 391 Å². The molecule has 4 aromatic carbocycles. The molecule has 0 aliphatic carbocycles. The number of ether oxygens (including phenoxy) is 7. The normalized spacial score (nSPS) is 16.0. The van der Waals surface area contributed by atoms with Gasteiger partial charge in [-0.1, -0.05) is 35.9 Å². The molecule has 0 radical (unpaired) electrons. The van der Waals surface area contributed by atoms with Crippen molar-refractivity contribution in [2.24, 2.45) is 0 Å². The predicted octanol–water partition coefficient (Wildman–Crippen LogP) is 7.70. The first-order valence-electron chi connectivity index (χ1n) is 21.4. The largest absolute Gasteiger partial charge is 0.504 e. The minimum absolute atomic E-state index is 0.0192. The number of aliphatic hydroxyl groups is 1. The number of cyclic esters (lactones) is 2. The lowest BCUT2D eigenvalue weighted by molar-refractivity contribution is -0.155. The van der Waals surface area contributed by atoms with E-state index in [1.54, 1.807) is 54.6 Å². The first-order valence-corrected chi connectivity index (χ1v) is 22.8. The van der Waals surface area contributed by atoms with E-state index in [1.165, 1.54) is 40.4 Å². The minimum atomic E-state index is -4.02. The summed E-state index contributed by atoms with van der Waals surface area (Å²) >= 11 is 0. The highest BCUT2D eigenvalue weighted by molar-refractivity contribution is 7.85. The van der Waals surface area contributed by atoms with Crippen LogP contribution in [0.25, 0.3) is 0 Å². The zero-order valence-corrected chi connectivity index (χ0v) is 39.9. The minimum Gasteiger partial charge on any atom is -0.504 e. The average Bonchev–Trinajstić information content (AvgIpc) is 3.27. The molecule has 2 saturated heterocycles. The van der Waals surface area contributed by atoms with Crippen molar-refractivity contribution in [3.8, 4) is 34.5 Å². The van der Waals surface area contributed by atoms with Crippen LogP contribution in [-0.2, 0) is 43.5 Å². The Morgan fingerprint density at radius 1 is 0.731 bits per heavy atom. The third-order valence-corrected chi connectivity index (χ3v) is 11.1. The van der Waals surface area contributed by atoms with E-state index in [-0.39, 0.29) is 65.1 Å². The van der Waals surface area contributed by atoms with Crippen LogP contribution in [0.5, 0.6) is 34.5 Å². The number of hydrogen-bond acceptors (Lipinski definition) is 16. The summed E-state index contributed by atoms with van der Waals surface area (Å²) in [4.78, 5) is 44.7. The monoisotopic (exact) mass is 954 g/mol. The molecule has 0 bridgehead atoms. The van der Waals surface area contributed by atoms with Gasteiger partial charge in [0.15, 0.2) is 34.5 Å². The first kappa shape index (κ1) is 55.0. The van der Waals surface area contributed by atoms with Crippen molar-refractivity contribution < 1.29 is 80.6 Å². The Balaban J connectivity index is 0.000000242. The van der Waals surface area contributed by atoms with Crippen LogP contribution in [0.15, 0.2) is 83.8 Å². The van der Waals surface area contributed by atoms with Gasteiger partial charge < -0.3 is 48.5 Å². The molecule has 4 N–H and O–H groups in total. The summed E-state index contributed by atoms with van der Waals surface area (Å²) < 4.78 is 65.0. The molecule has 2 aliphatic rings. The molecule has 0 unspecified atom stereocenters. The average molecular weight is 955 g/mol. The van der Waals surface area contributed by atoms with Crippen molar-refractivity contribution in [1.29, 1.82) is 0 Å². The summed E-state index contributed by atoms with van der Waals surface area (Å²) in [7, 11) is 0.483. The summed E-state index contributed by atoms with van der Waals surface area (Å²) in [5.41, 5.74) is 3.16. The van der Waals surface area contributed by atoms with Crippen LogP contribution in [0.3, 0.4) is 0 Å². The highest BCUT2D eigenvalue weighted by Gasteiger charge is 2.24. The van der Waals surface area contributed by atoms with Crippen LogP contribution in [0.1, 0.15) is 106 Å². The molecule has 17 nitrogen and oxygen atoms in total. The van der Waals surface area contributed by atoms with Gasteiger partial charge in [0.1, 0.15) is 5.60 Å². The molecule has 2 aliphatic heterocycles. The second-order valence-corrected chi connectivity index (χ2v) is 17.9. The molecule has 4 aromatic rings. The maximum atomic E-state index is 11.7. The van der Waals surface area contributed by atoms with Crippen LogP contribution in [0, 0.1) is 6.92 Å². The van der Waals surface area contributed by atoms with Crippen molar-refractivity contribution in [3.05, 3.63) is 101 Å². The number of carbonyl (C=O) groups excluding carboxylic acids is 4. The second-order valence-electron chi connectivity index (χ2n) is 16.5. The van der Waals surface area contributed by atoms with Crippen LogP contribution < -0.4 is 18.9 Å². The number of carbonyl (C=O) groups is 4. The first-order chi connectivity index (χ1) is 31.6. The number of esters is 4. The van der Waals surface area contributed by atoms with E-state index in [0.29, 0.717) is 55.5 Å². The Morgan fingerprint density at radius 3 is 1.64 bits per heavy atom. The van der Waals surface area contributed by atoms with Crippen molar-refractivity contribution in [3.63, 3.8) is 0 Å². The van der Waals surface area contributed by atoms with E-state index >= 15 is 0 Å². The summed E-state index contributed by atoms with van der Waals surface area (Å²) in [6, 6.07) is 21.7. The fraction of sp³-hybridized carbons (Fsp3) is 0.429. The predicted molar refractivity (Wildman–Crippen MR) is 245 cm³/mol. The highest BCUT2D eigenvalue weighted by Crippen LogP contribution is 2.35. The molecular weight excluding hydrogens is 893 g/mol. The molecule has 0 amide bonds. The van der Waals surface area contributed by atoms with Gasteiger partial charge >= 0.3 is 23.9 Å². The zero-order valence-electron chi connectivity index (χ0n) is 39.1. The third kappa shape index (κ3) is 18.8. The van der Waals surface area contributed by atoms with E-state index in [4.69, 9.17) is 37.7 Å². The maximum Gasteiger partial charge on any atom is 0.308 e. The summed E-state index contributed by atoms with van der Waals surface area (Å²) in [6.07, 6.45) is 3.04. The van der Waals surface area contributed by atoms with Gasteiger partial charge in [-0.25, -0.2) is 0 Å². The lowest BCUT2D eigenvalue weighted by Crippen LogP contribution is -2.24. The molecule has 0 spiro atoms. The van der Waals surface area contributed by atoms with Crippen LogP contribution in [-0.4, -0.2) is 98.9 Å². The molecule has 67 heavy (non-hydrogen) atoms. The topological polar surface area (TPSA) is 248 Å². The van der Waals surface area contributed by atoms with E-state index < -0.39 is 21.7 Å². The summed E-state index contributed by atoms with van der Waals surface area (Å²) in [6.45, 7) is 9.29. The number of aromatic hydroxyl groups is 2. The van der Waals surface area contributed by atoms with Gasteiger partial charge in [0, 0.05) is 50.5 Å². The Bertz CT molecular complexity index is 2350. The molecule has 3 atom stereocenters. The molecule has 2 fully saturated rings. The van der Waals surface area contributed by atoms with Crippen LogP contribution >= 0.6 is 0 Å². The van der Waals surface area contributed by atoms with Gasteiger partial charge in [-0.15, -0.1) is 0 Å². The molecule has 366 valence electrons. The van der Waals surface area contributed by atoms with Gasteiger partial charge in [0.2, 0.25) is 0 Å². The Hall–Kier alpha value is -6.37. The second kappa shape index (κ2) is 26.1. The quantitative estimate of drug-likeness (QED) is 0.0459. The number of methoxy groups -OCH3 is 3. The number of benzene rings is 4. The van der Waals surface area contributed by atoms with Gasteiger partial charge in [-0.05, 0) is 112 Å². The van der Waals surface area contributed by atoms with E-state index in [2.05, 4.69) is 0 Å². The van der Waals surface area contributed by atoms with Gasteiger partial charge in [-0.3, -0.25) is 23.7 Å². The molecule has 18 heteroatoms. The van der Waals surface area contributed by atoms with Crippen molar-refractivity contribution in [2.75, 3.05) is 41.2 Å². The Morgan fingerprint density at radius 2 is 1.22 bits per heavy atom. The lowest BCUT2D eigenvalue weighted by Gasteiger charge is -2.22. The van der Waals surface area contributed by atoms with Crippen LogP contribution in [0.4, 0.5) is 0 Å². The standard InChI is InChI=1S/C16H24O5.C14H16O5.C12H14O4.C7H8O3S/c1-16(2,3)21-15(19)8-6-12(10-17)11-5-7-14(20-4)13(18)9-11;1-9(15)19-13-7-10(3-5-12(13)17-2)11-4-6-14(16)18-8-11;1-15-11-4-2-8(6-10(11)13)9-3-5-12(14)16-7-9;1-6-2-4-7(5-3-6)11(8,9)10/h5,7,9,12,17-18H,6,8,10H2,1-4H3;3,5,7,11H,4,6,8H2,1-2H3;2,4,6,9,13H,3,5,7H2,1H3;2-5H,1H3,(H,8,9,10)/t12-;11-;9-;/m111./s1. The molecule has 6 rings (SSSR count). The molecule has 0 saturated carbocycles. The number of aryl methyl sites for hydroxylation is 1. The van der Waals surface area contributed by atoms with Crippen LogP contribution in [0.2, 0.25) is 0 Å². The lowest BCUT2D eigenvalue weighted by atomic mass is 9.93. The number of phenolic OH excluding ortho intramolecular Hbond substituents is 2. The molecule has 0 aromatic heterocycles. The van der Waals surface area contributed by atoms with Crippen molar-refractivity contribution >= 4 is 34.0 Å². The fourth-order valence-electron chi connectivity index (χ4n) is 6.67. The smallest absolute Gasteiger partial charge is 0.308 e. The number of hydrogen-bond donors (Lipinski definition) is 4. The maximum absolute atomic E-state index is 11.7. The molecule has 2 heterocycles. The SMILES string of the molecule is COc1ccc([C@@H](CO)CCC(=O)OC(C)(C)C)cc1O.COc1ccc([C@@H]2CCC(=O)OC2)cc1O.COc1ccc([C@@H]2CCC(=O)OC2)cc1OC(C)=O.Cc1ccc(S(=O)(=O)O)cc1.